The van der Waals surface area contributed by atoms with Crippen LogP contribution in [0.4, 0.5) is 0 Å². The fourth-order valence-corrected chi connectivity index (χ4v) is 2.10. The molecule has 21 heavy (non-hydrogen) atoms. The molecule has 2 aromatic rings. The van der Waals surface area contributed by atoms with Crippen LogP contribution in [0.15, 0.2) is 30.3 Å². The van der Waals surface area contributed by atoms with Gasteiger partial charge in [0.15, 0.2) is 5.60 Å². The molecule has 0 aliphatic heterocycles. The van der Waals surface area contributed by atoms with Crippen LogP contribution < -0.4 is 0 Å². The number of carboxylic acid groups (broad SMARTS) is 2. The molecule has 0 unspecified atom stereocenters. The van der Waals surface area contributed by atoms with E-state index in [1.807, 2.05) is 0 Å². The summed E-state index contributed by atoms with van der Waals surface area (Å²) in [6, 6.07) is 8.82. The van der Waals surface area contributed by atoms with Gasteiger partial charge in [-0.05, 0) is 17.5 Å². The number of Topliss-reactive ketones (excluding diaryl/α,β-unsaturated/α-hetero) is 1. The summed E-state index contributed by atoms with van der Waals surface area (Å²) in [5, 5.41) is 28.5. The number of aliphatic carboxylic acids is 2. The van der Waals surface area contributed by atoms with Gasteiger partial charge in [-0.3, -0.25) is 4.79 Å². The van der Waals surface area contributed by atoms with Crippen molar-refractivity contribution in [3.8, 4) is 0 Å². The van der Waals surface area contributed by atoms with Gasteiger partial charge in [-0.25, -0.2) is 9.59 Å². The van der Waals surface area contributed by atoms with Crippen molar-refractivity contribution in [1.82, 2.24) is 4.98 Å². The number of carbonyl (C=O) groups excluding carboxylic acids is 1. The van der Waals surface area contributed by atoms with Crippen molar-refractivity contribution in [2.24, 2.45) is 0 Å². The number of aromatic nitrogens is 1. The molecule has 0 aliphatic rings. The number of aliphatic hydroxyl groups is 1. The highest BCUT2D eigenvalue weighted by Crippen LogP contribution is 2.22. The normalized spacial score (nSPS) is 13.8. The number of carbonyl (C=O) groups is 3. The van der Waals surface area contributed by atoms with Gasteiger partial charge >= 0.3 is 11.9 Å². The SMILES string of the molecule is O=C(O)C(=O)C[C@](O)(Cc1cc2ccccc2[nH]1)C(=O)O. The average Bonchev–Trinajstić information content (AvgIpc) is 2.79. The first kappa shape index (κ1) is 14.7. The lowest BCUT2D eigenvalue weighted by Gasteiger charge is -2.21. The third-order valence-corrected chi connectivity index (χ3v) is 3.16. The fourth-order valence-electron chi connectivity index (χ4n) is 2.10. The molecule has 7 nitrogen and oxygen atoms in total. The highest BCUT2D eigenvalue weighted by Gasteiger charge is 2.40. The van der Waals surface area contributed by atoms with Crippen LogP contribution in [-0.2, 0) is 20.8 Å². The zero-order chi connectivity index (χ0) is 15.6. The number of nitrogens with one attached hydrogen (secondary N) is 1. The molecule has 1 atom stereocenters. The number of H-pyrrole nitrogens is 1. The number of aromatic amines is 1. The summed E-state index contributed by atoms with van der Waals surface area (Å²) >= 11 is 0. The molecular formula is C14H13NO6. The zero-order valence-corrected chi connectivity index (χ0v) is 10.9. The van der Waals surface area contributed by atoms with E-state index in [2.05, 4.69) is 4.98 Å². The summed E-state index contributed by atoms with van der Waals surface area (Å²) in [7, 11) is 0. The second kappa shape index (κ2) is 5.37. The molecule has 0 amide bonds. The van der Waals surface area contributed by atoms with Crippen LogP contribution in [0.3, 0.4) is 0 Å². The number of rotatable bonds is 6. The van der Waals surface area contributed by atoms with E-state index >= 15 is 0 Å². The van der Waals surface area contributed by atoms with Crippen molar-refractivity contribution < 1.29 is 29.7 Å². The van der Waals surface area contributed by atoms with E-state index in [-0.39, 0.29) is 0 Å². The molecule has 2 rings (SSSR count). The summed E-state index contributed by atoms with van der Waals surface area (Å²) in [6.07, 6.45) is -1.39. The lowest BCUT2D eigenvalue weighted by molar-refractivity contribution is -0.163. The Morgan fingerprint density at radius 2 is 1.81 bits per heavy atom. The Morgan fingerprint density at radius 1 is 1.14 bits per heavy atom. The van der Waals surface area contributed by atoms with Crippen molar-refractivity contribution in [1.29, 1.82) is 0 Å². The second-order valence-corrected chi connectivity index (χ2v) is 4.80. The minimum absolute atomic E-state index is 0.393. The van der Waals surface area contributed by atoms with Crippen LogP contribution in [-0.4, -0.2) is 43.6 Å². The number of fused-ring (bicyclic) bond motifs is 1. The van der Waals surface area contributed by atoms with Gasteiger partial charge in [-0.2, -0.15) is 0 Å². The molecule has 4 N–H and O–H groups in total. The van der Waals surface area contributed by atoms with E-state index in [4.69, 9.17) is 10.2 Å². The molecule has 1 heterocycles. The Balaban J connectivity index is 2.28. The monoisotopic (exact) mass is 291 g/mol. The largest absolute Gasteiger partial charge is 0.479 e. The summed E-state index contributed by atoms with van der Waals surface area (Å²) in [5.41, 5.74) is -1.31. The first-order valence-electron chi connectivity index (χ1n) is 6.10. The Labute approximate surface area is 118 Å². The van der Waals surface area contributed by atoms with E-state index in [9.17, 15) is 19.5 Å². The maximum Gasteiger partial charge on any atom is 0.372 e. The van der Waals surface area contributed by atoms with Gasteiger partial charge in [0.1, 0.15) is 0 Å². The van der Waals surface area contributed by atoms with Gasteiger partial charge in [0.25, 0.3) is 0 Å². The van der Waals surface area contributed by atoms with Crippen molar-refractivity contribution in [2.75, 3.05) is 0 Å². The van der Waals surface area contributed by atoms with E-state index < -0.39 is 36.2 Å². The minimum atomic E-state index is -2.46. The molecule has 0 saturated carbocycles. The molecule has 0 saturated heterocycles. The van der Waals surface area contributed by atoms with Gasteiger partial charge in [-0.15, -0.1) is 0 Å². The van der Waals surface area contributed by atoms with Crippen molar-refractivity contribution >= 4 is 28.6 Å². The summed E-state index contributed by atoms with van der Waals surface area (Å²) in [5.74, 6) is -4.77. The summed E-state index contributed by atoms with van der Waals surface area (Å²) < 4.78 is 0. The number of hydrogen-bond acceptors (Lipinski definition) is 4. The summed E-state index contributed by atoms with van der Waals surface area (Å²) in [6.45, 7) is 0. The van der Waals surface area contributed by atoms with Crippen LogP contribution in [0.5, 0.6) is 0 Å². The smallest absolute Gasteiger partial charge is 0.372 e. The molecule has 110 valence electrons. The third-order valence-electron chi connectivity index (χ3n) is 3.16. The first-order valence-corrected chi connectivity index (χ1v) is 6.10. The lowest BCUT2D eigenvalue weighted by atomic mass is 9.91. The molecule has 7 heteroatoms. The van der Waals surface area contributed by atoms with E-state index in [1.54, 1.807) is 30.3 Å². The average molecular weight is 291 g/mol. The van der Waals surface area contributed by atoms with Crippen LogP contribution >= 0.6 is 0 Å². The maximum atomic E-state index is 11.2. The lowest BCUT2D eigenvalue weighted by Crippen LogP contribution is -2.44. The molecule has 1 aromatic heterocycles. The highest BCUT2D eigenvalue weighted by atomic mass is 16.4. The Morgan fingerprint density at radius 3 is 2.38 bits per heavy atom. The van der Waals surface area contributed by atoms with E-state index in [0.29, 0.717) is 5.69 Å². The van der Waals surface area contributed by atoms with Crippen molar-refractivity contribution in [3.63, 3.8) is 0 Å². The molecule has 0 bridgehead atoms. The second-order valence-electron chi connectivity index (χ2n) is 4.80. The number of hydrogen-bond donors (Lipinski definition) is 4. The van der Waals surface area contributed by atoms with Gasteiger partial charge < -0.3 is 20.3 Å². The molecular weight excluding hydrogens is 278 g/mol. The quantitative estimate of drug-likeness (QED) is 0.576. The standard InChI is InChI=1S/C14H13NO6/c16-11(12(17)18)7-14(21,13(19)20)6-9-5-8-3-1-2-4-10(8)15-9/h1-5,15,21H,6-7H2,(H,17,18)(H,19,20)/t14-/m1/s1. The first-order chi connectivity index (χ1) is 9.82. The minimum Gasteiger partial charge on any atom is -0.479 e. The van der Waals surface area contributed by atoms with Crippen LogP contribution in [0.25, 0.3) is 10.9 Å². The maximum absolute atomic E-state index is 11.2. The predicted octanol–water partition coefficient (Wildman–Crippen LogP) is 0.570. The van der Waals surface area contributed by atoms with Crippen LogP contribution in [0.1, 0.15) is 12.1 Å². The Hall–Kier alpha value is -2.67. The molecule has 0 aliphatic carbocycles. The Kier molecular flexibility index (Phi) is 3.77. The number of benzene rings is 1. The topological polar surface area (TPSA) is 128 Å². The predicted molar refractivity (Wildman–Crippen MR) is 71.8 cm³/mol. The third kappa shape index (κ3) is 3.09. The van der Waals surface area contributed by atoms with Gasteiger partial charge in [0, 0.05) is 17.6 Å². The molecule has 0 radical (unpaired) electrons. The van der Waals surface area contributed by atoms with Crippen molar-refractivity contribution in [3.05, 3.63) is 36.0 Å². The van der Waals surface area contributed by atoms with Crippen molar-refractivity contribution in [2.45, 2.75) is 18.4 Å². The Bertz CT molecular complexity index is 686. The van der Waals surface area contributed by atoms with E-state index in [1.165, 1.54) is 0 Å². The number of para-hydroxylation sites is 1. The molecule has 1 aromatic carbocycles. The molecule has 0 fully saturated rings. The van der Waals surface area contributed by atoms with Gasteiger partial charge in [0.05, 0.1) is 6.42 Å². The highest BCUT2D eigenvalue weighted by molar-refractivity contribution is 6.33. The zero-order valence-electron chi connectivity index (χ0n) is 10.9. The fraction of sp³-hybridized carbons (Fsp3) is 0.214. The van der Waals surface area contributed by atoms with E-state index in [0.717, 1.165) is 10.9 Å². The van der Waals surface area contributed by atoms with Crippen LogP contribution in [0, 0.1) is 0 Å². The number of ketones is 1. The molecule has 0 spiro atoms. The summed E-state index contributed by atoms with van der Waals surface area (Å²) in [4.78, 5) is 35.8. The van der Waals surface area contributed by atoms with Crippen LogP contribution in [0.2, 0.25) is 0 Å². The van der Waals surface area contributed by atoms with Gasteiger partial charge in [-0.1, -0.05) is 18.2 Å². The number of carboxylic acids is 2. The van der Waals surface area contributed by atoms with Gasteiger partial charge in [0.2, 0.25) is 5.78 Å².